The van der Waals surface area contributed by atoms with Crippen LogP contribution in [0.4, 0.5) is 0 Å². The summed E-state index contributed by atoms with van der Waals surface area (Å²) in [5, 5.41) is 2.69. The van der Waals surface area contributed by atoms with E-state index in [9.17, 15) is 4.79 Å². The van der Waals surface area contributed by atoms with Crippen LogP contribution in [0, 0.1) is 0 Å². The Morgan fingerprint density at radius 1 is 1.25 bits per heavy atom. The fraction of sp³-hybridized carbons (Fsp3) is 0.222. The first-order chi connectivity index (χ1) is 11.6. The number of hydrogen-bond donors (Lipinski definition) is 0. The van der Waals surface area contributed by atoms with E-state index in [2.05, 4.69) is 15.0 Å². The van der Waals surface area contributed by atoms with Crippen molar-refractivity contribution in [3.8, 4) is 10.7 Å². The van der Waals surface area contributed by atoms with Gasteiger partial charge in [0.05, 0.1) is 24.4 Å². The second-order valence-electron chi connectivity index (χ2n) is 5.50. The van der Waals surface area contributed by atoms with E-state index in [1.807, 2.05) is 49.7 Å². The predicted molar refractivity (Wildman–Crippen MR) is 94.5 cm³/mol. The fourth-order valence-corrected chi connectivity index (χ4v) is 3.15. The number of hydrogen-bond acceptors (Lipinski definition) is 5. The van der Waals surface area contributed by atoms with Gasteiger partial charge >= 0.3 is 0 Å². The number of amides is 1. The molecule has 5 nitrogen and oxygen atoms in total. The third-order valence-corrected chi connectivity index (χ3v) is 4.84. The number of likely N-dealkylation sites (N-methyl/N-ethyl adjacent to an activating group) is 1. The Balaban J connectivity index is 1.68. The SMILES string of the molecule is C[C@H](c1ccccc1)N(C)C(=O)Cc1csc(-c2cnccn2)n1. The van der Waals surface area contributed by atoms with Crippen LogP contribution in [0.1, 0.15) is 24.2 Å². The molecule has 0 fully saturated rings. The van der Waals surface area contributed by atoms with Gasteiger partial charge in [0, 0.05) is 24.8 Å². The highest BCUT2D eigenvalue weighted by Gasteiger charge is 2.18. The lowest BCUT2D eigenvalue weighted by atomic mass is 10.1. The Bertz CT molecular complexity index is 804. The van der Waals surface area contributed by atoms with Crippen LogP contribution < -0.4 is 0 Å². The number of benzene rings is 1. The minimum Gasteiger partial charge on any atom is -0.339 e. The summed E-state index contributed by atoms with van der Waals surface area (Å²) in [6.07, 6.45) is 5.22. The van der Waals surface area contributed by atoms with E-state index in [-0.39, 0.29) is 18.4 Å². The molecule has 0 N–H and O–H groups in total. The fourth-order valence-electron chi connectivity index (χ4n) is 2.37. The molecule has 0 bridgehead atoms. The lowest BCUT2D eigenvalue weighted by Crippen LogP contribution is -2.31. The lowest BCUT2D eigenvalue weighted by Gasteiger charge is -2.25. The molecule has 0 aliphatic rings. The standard InChI is InChI=1S/C18H18N4OS/c1-13(14-6-4-3-5-7-14)22(2)17(23)10-15-12-24-18(21-15)16-11-19-8-9-20-16/h3-9,11-13H,10H2,1-2H3/t13-/m1/s1. The van der Waals surface area contributed by atoms with E-state index >= 15 is 0 Å². The average molecular weight is 338 g/mol. The number of carbonyl (C=O) groups is 1. The molecule has 0 aliphatic carbocycles. The molecule has 1 atom stereocenters. The molecule has 24 heavy (non-hydrogen) atoms. The third kappa shape index (κ3) is 3.65. The van der Waals surface area contributed by atoms with Crippen molar-refractivity contribution in [2.24, 2.45) is 0 Å². The van der Waals surface area contributed by atoms with Gasteiger partial charge in [-0.15, -0.1) is 11.3 Å². The summed E-state index contributed by atoms with van der Waals surface area (Å²) in [5.41, 5.74) is 2.61. The van der Waals surface area contributed by atoms with Gasteiger partial charge in [-0.25, -0.2) is 4.98 Å². The summed E-state index contributed by atoms with van der Waals surface area (Å²) >= 11 is 1.48. The predicted octanol–water partition coefficient (Wildman–Crippen LogP) is 3.36. The van der Waals surface area contributed by atoms with Crippen molar-refractivity contribution in [1.29, 1.82) is 0 Å². The molecule has 2 aromatic heterocycles. The first-order valence-corrected chi connectivity index (χ1v) is 8.54. The van der Waals surface area contributed by atoms with Crippen molar-refractivity contribution in [3.05, 3.63) is 65.6 Å². The summed E-state index contributed by atoms with van der Waals surface area (Å²) in [4.78, 5) is 27.1. The molecule has 0 unspecified atom stereocenters. The van der Waals surface area contributed by atoms with Crippen molar-refractivity contribution in [2.75, 3.05) is 7.05 Å². The largest absolute Gasteiger partial charge is 0.339 e. The number of nitrogens with zero attached hydrogens (tertiary/aromatic N) is 4. The topological polar surface area (TPSA) is 59.0 Å². The van der Waals surface area contributed by atoms with Crippen LogP contribution >= 0.6 is 11.3 Å². The number of aromatic nitrogens is 3. The van der Waals surface area contributed by atoms with Crippen LogP contribution in [0.15, 0.2) is 54.3 Å². The molecule has 0 saturated heterocycles. The molecular weight excluding hydrogens is 320 g/mol. The van der Waals surface area contributed by atoms with Gasteiger partial charge < -0.3 is 4.90 Å². The van der Waals surface area contributed by atoms with Gasteiger partial charge in [-0.05, 0) is 12.5 Å². The van der Waals surface area contributed by atoms with Gasteiger partial charge in [0.2, 0.25) is 5.91 Å². The lowest BCUT2D eigenvalue weighted by molar-refractivity contribution is -0.131. The van der Waals surface area contributed by atoms with E-state index in [4.69, 9.17) is 0 Å². The highest BCUT2D eigenvalue weighted by Crippen LogP contribution is 2.23. The maximum Gasteiger partial charge on any atom is 0.228 e. The zero-order valence-corrected chi connectivity index (χ0v) is 14.4. The molecule has 3 rings (SSSR count). The van der Waals surface area contributed by atoms with Crippen LogP contribution in [0.3, 0.4) is 0 Å². The zero-order valence-electron chi connectivity index (χ0n) is 13.6. The van der Waals surface area contributed by atoms with Gasteiger partial charge in [0.15, 0.2) is 0 Å². The molecule has 0 spiro atoms. The monoisotopic (exact) mass is 338 g/mol. The van der Waals surface area contributed by atoms with E-state index in [1.54, 1.807) is 23.5 Å². The van der Waals surface area contributed by atoms with Gasteiger partial charge in [0.25, 0.3) is 0 Å². The molecular formula is C18H18N4OS. The van der Waals surface area contributed by atoms with Gasteiger partial charge in [-0.3, -0.25) is 14.8 Å². The molecule has 3 aromatic rings. The maximum absolute atomic E-state index is 12.5. The second-order valence-corrected chi connectivity index (χ2v) is 6.36. The number of rotatable bonds is 5. The molecule has 122 valence electrons. The summed E-state index contributed by atoms with van der Waals surface area (Å²) in [7, 11) is 1.83. The smallest absolute Gasteiger partial charge is 0.228 e. The Morgan fingerprint density at radius 3 is 2.75 bits per heavy atom. The average Bonchev–Trinajstić information content (AvgIpc) is 3.10. The molecule has 1 amide bonds. The Morgan fingerprint density at radius 2 is 2.04 bits per heavy atom. The Labute approximate surface area is 145 Å². The van der Waals surface area contributed by atoms with Crippen LogP contribution in [0.2, 0.25) is 0 Å². The van der Waals surface area contributed by atoms with Crippen LogP contribution in [0.25, 0.3) is 10.7 Å². The maximum atomic E-state index is 12.5. The summed E-state index contributed by atoms with van der Waals surface area (Å²) in [6, 6.07) is 10.0. The van der Waals surface area contributed by atoms with Crippen molar-refractivity contribution < 1.29 is 4.79 Å². The van der Waals surface area contributed by atoms with E-state index in [0.29, 0.717) is 0 Å². The first-order valence-electron chi connectivity index (χ1n) is 7.66. The van der Waals surface area contributed by atoms with Crippen LogP contribution in [-0.2, 0) is 11.2 Å². The van der Waals surface area contributed by atoms with Crippen LogP contribution in [-0.4, -0.2) is 32.8 Å². The summed E-state index contributed by atoms with van der Waals surface area (Å²) < 4.78 is 0. The van der Waals surface area contributed by atoms with Crippen molar-refractivity contribution in [2.45, 2.75) is 19.4 Å². The minimum absolute atomic E-state index is 0.0248. The molecule has 6 heteroatoms. The summed E-state index contributed by atoms with van der Waals surface area (Å²) in [5.74, 6) is 0.0438. The summed E-state index contributed by atoms with van der Waals surface area (Å²) in [6.45, 7) is 2.03. The van der Waals surface area contributed by atoms with Crippen molar-refractivity contribution >= 4 is 17.2 Å². The van der Waals surface area contributed by atoms with Crippen molar-refractivity contribution in [3.63, 3.8) is 0 Å². The normalized spacial score (nSPS) is 11.9. The minimum atomic E-state index is 0.0248. The number of carbonyl (C=O) groups excluding carboxylic acids is 1. The molecule has 2 heterocycles. The van der Waals surface area contributed by atoms with Gasteiger partial charge in [0.1, 0.15) is 10.7 Å². The highest BCUT2D eigenvalue weighted by atomic mass is 32.1. The van der Waals surface area contributed by atoms with Crippen molar-refractivity contribution in [1.82, 2.24) is 19.9 Å². The second kappa shape index (κ2) is 7.31. The zero-order chi connectivity index (χ0) is 16.9. The Hall–Kier alpha value is -2.60. The molecule has 0 aliphatic heterocycles. The van der Waals surface area contributed by atoms with E-state index in [0.717, 1.165) is 22.0 Å². The molecule has 1 aromatic carbocycles. The quantitative estimate of drug-likeness (QED) is 0.716. The van der Waals surface area contributed by atoms with Gasteiger partial charge in [-0.1, -0.05) is 30.3 Å². The van der Waals surface area contributed by atoms with E-state index in [1.165, 1.54) is 11.3 Å². The third-order valence-electron chi connectivity index (χ3n) is 3.92. The van der Waals surface area contributed by atoms with Gasteiger partial charge in [-0.2, -0.15) is 0 Å². The Kier molecular flexibility index (Phi) is 4.96. The highest BCUT2D eigenvalue weighted by molar-refractivity contribution is 7.13. The van der Waals surface area contributed by atoms with Crippen LogP contribution in [0.5, 0.6) is 0 Å². The first kappa shape index (κ1) is 16.3. The molecule has 0 radical (unpaired) electrons. The number of thiazole rings is 1. The molecule has 0 saturated carbocycles. The van der Waals surface area contributed by atoms with E-state index < -0.39 is 0 Å².